The summed E-state index contributed by atoms with van der Waals surface area (Å²) in [5.41, 5.74) is 0.747. The highest BCUT2D eigenvalue weighted by molar-refractivity contribution is 6.32. The summed E-state index contributed by atoms with van der Waals surface area (Å²) >= 11 is 6.07. The maximum absolute atomic E-state index is 13.5. The van der Waals surface area contributed by atoms with Crippen molar-refractivity contribution >= 4 is 23.2 Å². The van der Waals surface area contributed by atoms with E-state index in [0.29, 0.717) is 16.5 Å². The average Bonchev–Trinajstić information content (AvgIpc) is 2.64. The quantitative estimate of drug-likeness (QED) is 0.648. The number of methoxy groups -OCH3 is 1. The Balaban J connectivity index is 1.99. The lowest BCUT2D eigenvalue weighted by Gasteiger charge is -2.15. The smallest absolute Gasteiger partial charge is 0.293 e. The molecule has 3 aromatic rings. The zero-order valence-corrected chi connectivity index (χ0v) is 15.5. The number of aromatic nitrogens is 3. The maximum Gasteiger partial charge on any atom is 0.293 e. The molecule has 0 saturated heterocycles. The van der Waals surface area contributed by atoms with Crippen molar-refractivity contribution in [3.05, 3.63) is 74.4 Å². The highest BCUT2D eigenvalue weighted by atomic mass is 35.5. The summed E-state index contributed by atoms with van der Waals surface area (Å²) < 4.78 is 46.5. The monoisotopic (exact) mass is 410 g/mol. The first-order valence-corrected chi connectivity index (χ1v) is 8.35. The van der Waals surface area contributed by atoms with Crippen molar-refractivity contribution in [3.63, 3.8) is 0 Å². The van der Waals surface area contributed by atoms with E-state index < -0.39 is 23.0 Å². The van der Waals surface area contributed by atoms with Crippen LogP contribution < -0.4 is 15.6 Å². The van der Waals surface area contributed by atoms with E-state index in [-0.39, 0.29) is 18.1 Å². The third-order valence-corrected chi connectivity index (χ3v) is 4.18. The standard InChI is InChI=1S/C18H14ClF3N4O2/c1-9-3-11(19)15(28-2)6-14(9)24-18-25-16(27)7-23-26(18)8-10-4-12(20)17(22)13(21)5-10/h3-7H,8H2,1-2H3,(H,24,25,27). The van der Waals surface area contributed by atoms with E-state index in [0.717, 1.165) is 23.9 Å². The third kappa shape index (κ3) is 4.09. The van der Waals surface area contributed by atoms with Gasteiger partial charge in [-0.25, -0.2) is 17.9 Å². The third-order valence-electron chi connectivity index (χ3n) is 3.89. The van der Waals surface area contributed by atoms with Gasteiger partial charge >= 0.3 is 0 Å². The normalized spacial score (nSPS) is 10.8. The van der Waals surface area contributed by atoms with E-state index in [9.17, 15) is 18.0 Å². The molecule has 10 heteroatoms. The highest BCUT2D eigenvalue weighted by Gasteiger charge is 2.14. The molecule has 1 heterocycles. The van der Waals surface area contributed by atoms with Crippen molar-refractivity contribution in [1.29, 1.82) is 0 Å². The van der Waals surface area contributed by atoms with Gasteiger partial charge in [0.1, 0.15) is 11.9 Å². The lowest BCUT2D eigenvalue weighted by Crippen LogP contribution is -2.19. The molecule has 146 valence electrons. The minimum Gasteiger partial charge on any atom is -0.495 e. The van der Waals surface area contributed by atoms with Crippen LogP contribution in [0.2, 0.25) is 5.02 Å². The van der Waals surface area contributed by atoms with E-state index >= 15 is 0 Å². The topological polar surface area (TPSA) is 69.0 Å². The van der Waals surface area contributed by atoms with Gasteiger partial charge in [-0.3, -0.25) is 4.79 Å². The molecule has 0 bridgehead atoms. The largest absolute Gasteiger partial charge is 0.495 e. The molecule has 0 amide bonds. The van der Waals surface area contributed by atoms with Gasteiger partial charge in [-0.2, -0.15) is 10.1 Å². The lowest BCUT2D eigenvalue weighted by molar-refractivity contribution is 0.415. The van der Waals surface area contributed by atoms with Crippen LogP contribution in [0.3, 0.4) is 0 Å². The first-order chi connectivity index (χ1) is 13.3. The van der Waals surface area contributed by atoms with Crippen LogP contribution in [0, 0.1) is 24.4 Å². The molecule has 1 aromatic heterocycles. The Hall–Kier alpha value is -3.07. The molecule has 6 nitrogen and oxygen atoms in total. The Morgan fingerprint density at radius 1 is 1.18 bits per heavy atom. The molecule has 0 aliphatic heterocycles. The second-order valence-corrected chi connectivity index (χ2v) is 6.28. The van der Waals surface area contributed by atoms with Gasteiger partial charge in [-0.1, -0.05) is 11.6 Å². The number of anilines is 2. The zero-order chi connectivity index (χ0) is 20.4. The van der Waals surface area contributed by atoms with Crippen LogP contribution in [0.25, 0.3) is 0 Å². The Morgan fingerprint density at radius 3 is 2.50 bits per heavy atom. The van der Waals surface area contributed by atoms with Crippen molar-refractivity contribution in [2.24, 2.45) is 0 Å². The molecule has 0 aliphatic rings. The molecular formula is C18H14ClF3N4O2. The van der Waals surface area contributed by atoms with E-state index in [4.69, 9.17) is 16.3 Å². The van der Waals surface area contributed by atoms with Gasteiger partial charge in [-0.05, 0) is 36.2 Å². The molecule has 0 radical (unpaired) electrons. The van der Waals surface area contributed by atoms with Gasteiger partial charge in [0.2, 0.25) is 5.95 Å². The molecule has 1 N–H and O–H groups in total. The van der Waals surface area contributed by atoms with Crippen LogP contribution in [0.15, 0.2) is 35.3 Å². The van der Waals surface area contributed by atoms with Crippen molar-refractivity contribution in [2.75, 3.05) is 12.4 Å². The van der Waals surface area contributed by atoms with Crippen LogP contribution >= 0.6 is 11.6 Å². The first kappa shape index (κ1) is 19.7. The summed E-state index contributed by atoms with van der Waals surface area (Å²) in [4.78, 5) is 15.5. The summed E-state index contributed by atoms with van der Waals surface area (Å²) in [5, 5.41) is 7.26. The number of nitrogens with one attached hydrogen (secondary N) is 1. The number of aryl methyl sites for hydroxylation is 1. The van der Waals surface area contributed by atoms with Crippen molar-refractivity contribution in [3.8, 4) is 5.75 Å². The second-order valence-electron chi connectivity index (χ2n) is 5.88. The van der Waals surface area contributed by atoms with E-state index in [2.05, 4.69) is 15.4 Å². The molecule has 0 atom stereocenters. The van der Waals surface area contributed by atoms with Gasteiger partial charge in [-0.15, -0.1) is 0 Å². The molecule has 0 unspecified atom stereocenters. The van der Waals surface area contributed by atoms with Gasteiger partial charge in [0, 0.05) is 11.8 Å². The Bertz CT molecular complexity index is 1080. The maximum atomic E-state index is 13.5. The molecular weight excluding hydrogens is 397 g/mol. The van der Waals surface area contributed by atoms with Crippen molar-refractivity contribution < 1.29 is 17.9 Å². The van der Waals surface area contributed by atoms with E-state index in [1.807, 2.05) is 0 Å². The van der Waals surface area contributed by atoms with Crippen LogP contribution in [0.5, 0.6) is 5.75 Å². The molecule has 0 aliphatic carbocycles. The lowest BCUT2D eigenvalue weighted by atomic mass is 10.2. The van der Waals surface area contributed by atoms with Crippen LogP contribution in [-0.4, -0.2) is 21.9 Å². The molecule has 0 fully saturated rings. The fourth-order valence-electron chi connectivity index (χ4n) is 2.51. The molecule has 0 saturated carbocycles. The summed E-state index contributed by atoms with van der Waals surface area (Å²) in [7, 11) is 1.45. The van der Waals surface area contributed by atoms with Gasteiger partial charge in [0.05, 0.1) is 18.7 Å². The number of hydrogen-bond donors (Lipinski definition) is 1. The van der Waals surface area contributed by atoms with Crippen molar-refractivity contribution in [1.82, 2.24) is 14.8 Å². The molecule has 0 spiro atoms. The van der Waals surface area contributed by atoms with E-state index in [1.54, 1.807) is 19.1 Å². The predicted molar refractivity (Wildman–Crippen MR) is 97.7 cm³/mol. The van der Waals surface area contributed by atoms with Gasteiger partial charge in [0.15, 0.2) is 17.5 Å². The Labute approximate surface area is 162 Å². The second kappa shape index (κ2) is 7.89. The predicted octanol–water partition coefficient (Wildman–Crippen LogP) is 3.82. The van der Waals surface area contributed by atoms with Crippen molar-refractivity contribution in [2.45, 2.75) is 13.5 Å². The van der Waals surface area contributed by atoms with E-state index in [1.165, 1.54) is 11.8 Å². The highest BCUT2D eigenvalue weighted by Crippen LogP contribution is 2.31. The first-order valence-electron chi connectivity index (χ1n) is 7.97. The Kier molecular flexibility index (Phi) is 5.55. The van der Waals surface area contributed by atoms with Crippen LogP contribution in [0.4, 0.5) is 24.8 Å². The minimum atomic E-state index is -1.56. The number of hydrogen-bond acceptors (Lipinski definition) is 5. The van der Waals surface area contributed by atoms with Gasteiger partial charge < -0.3 is 10.1 Å². The van der Waals surface area contributed by atoms with Crippen LogP contribution in [0.1, 0.15) is 11.1 Å². The summed E-state index contributed by atoms with van der Waals surface area (Å²) in [6.07, 6.45) is 0.955. The fourth-order valence-corrected chi connectivity index (χ4v) is 2.80. The number of nitrogens with zero attached hydrogens (tertiary/aromatic N) is 3. The zero-order valence-electron chi connectivity index (χ0n) is 14.8. The number of rotatable bonds is 5. The molecule has 28 heavy (non-hydrogen) atoms. The molecule has 2 aromatic carbocycles. The number of ether oxygens (including phenoxy) is 1. The summed E-state index contributed by atoms with van der Waals surface area (Å²) in [6, 6.07) is 4.96. The minimum absolute atomic E-state index is 0.0186. The van der Waals surface area contributed by atoms with Gasteiger partial charge in [0.25, 0.3) is 5.56 Å². The van der Waals surface area contributed by atoms with Crippen LogP contribution in [-0.2, 0) is 6.54 Å². The summed E-state index contributed by atoms with van der Waals surface area (Å²) in [6.45, 7) is 1.62. The summed E-state index contributed by atoms with van der Waals surface area (Å²) in [5.74, 6) is -3.79. The fraction of sp³-hybridized carbons (Fsp3) is 0.167. The Morgan fingerprint density at radius 2 is 1.86 bits per heavy atom. The molecule has 3 rings (SSSR count). The number of halogens is 4. The average molecular weight is 411 g/mol. The number of benzene rings is 2. The SMILES string of the molecule is COc1cc(Nc2nc(=O)cnn2Cc2cc(F)c(F)c(F)c2)c(C)cc1Cl.